The lowest BCUT2D eigenvalue weighted by Crippen LogP contribution is -2.26. The van der Waals surface area contributed by atoms with Crippen molar-refractivity contribution in [1.29, 1.82) is 0 Å². The molecule has 0 aliphatic carbocycles. The summed E-state index contributed by atoms with van der Waals surface area (Å²) >= 11 is 0. The van der Waals surface area contributed by atoms with Crippen LogP contribution in [0.1, 0.15) is 27.2 Å². The smallest absolute Gasteiger partial charge is 0.262 e. The molecule has 1 aliphatic rings. The van der Waals surface area contributed by atoms with Crippen LogP contribution in [0.15, 0.2) is 24.3 Å². The van der Waals surface area contributed by atoms with Gasteiger partial charge in [-0.05, 0) is 44.0 Å². The highest BCUT2D eigenvalue weighted by atomic mass is 16.2. The zero-order valence-corrected chi connectivity index (χ0v) is 12.1. The standard InChI is InChI=1S/C16H17N3O/c1-9-10(2)14-15(17-11(9)3)18-12-7-5-6-8-13(12)19(4)16(14)20/h5-8H,1-4H3,(H,17,18). The number of carbonyl (C=O) groups excluding carboxylic acids is 1. The van der Waals surface area contributed by atoms with E-state index in [4.69, 9.17) is 0 Å². The Kier molecular flexibility index (Phi) is 2.74. The van der Waals surface area contributed by atoms with Gasteiger partial charge >= 0.3 is 0 Å². The summed E-state index contributed by atoms with van der Waals surface area (Å²) in [4.78, 5) is 19.0. The van der Waals surface area contributed by atoms with E-state index in [1.807, 2.05) is 45.0 Å². The number of para-hydroxylation sites is 2. The molecule has 0 atom stereocenters. The van der Waals surface area contributed by atoms with Crippen LogP contribution in [0.25, 0.3) is 0 Å². The van der Waals surface area contributed by atoms with E-state index in [9.17, 15) is 4.79 Å². The molecule has 1 aromatic carbocycles. The maximum Gasteiger partial charge on any atom is 0.262 e. The van der Waals surface area contributed by atoms with E-state index >= 15 is 0 Å². The number of benzene rings is 1. The van der Waals surface area contributed by atoms with Crippen LogP contribution in [0.2, 0.25) is 0 Å². The van der Waals surface area contributed by atoms with Crippen LogP contribution in [-0.2, 0) is 0 Å². The molecular weight excluding hydrogens is 250 g/mol. The fraction of sp³-hybridized carbons (Fsp3) is 0.250. The summed E-state index contributed by atoms with van der Waals surface area (Å²) in [5.41, 5.74) is 5.43. The van der Waals surface area contributed by atoms with Gasteiger partial charge in [-0.25, -0.2) is 4.98 Å². The number of carbonyl (C=O) groups is 1. The average Bonchev–Trinajstić information content (AvgIpc) is 2.53. The Morgan fingerprint density at radius 2 is 1.80 bits per heavy atom. The lowest BCUT2D eigenvalue weighted by Gasteiger charge is -2.18. The molecule has 2 heterocycles. The zero-order chi connectivity index (χ0) is 14.4. The molecule has 4 nitrogen and oxygen atoms in total. The van der Waals surface area contributed by atoms with Crippen LogP contribution >= 0.6 is 0 Å². The molecular formula is C16H17N3O. The molecule has 0 spiro atoms. The second kappa shape index (κ2) is 4.34. The van der Waals surface area contributed by atoms with E-state index in [1.165, 1.54) is 0 Å². The van der Waals surface area contributed by atoms with Gasteiger partial charge in [0.05, 0.1) is 16.9 Å². The van der Waals surface area contributed by atoms with Gasteiger partial charge in [-0.3, -0.25) is 4.79 Å². The topological polar surface area (TPSA) is 45.2 Å². The predicted molar refractivity (Wildman–Crippen MR) is 80.9 cm³/mol. The zero-order valence-electron chi connectivity index (χ0n) is 12.1. The number of nitrogens with zero attached hydrogens (tertiary/aromatic N) is 2. The summed E-state index contributed by atoms with van der Waals surface area (Å²) < 4.78 is 0. The predicted octanol–water partition coefficient (Wildman–Crippen LogP) is 3.34. The van der Waals surface area contributed by atoms with Crippen LogP contribution in [0.3, 0.4) is 0 Å². The molecule has 1 N–H and O–H groups in total. The molecule has 2 aromatic rings. The van der Waals surface area contributed by atoms with Gasteiger partial charge in [0.1, 0.15) is 5.82 Å². The number of fused-ring (bicyclic) bond motifs is 2. The lowest BCUT2D eigenvalue weighted by atomic mass is 10.0. The largest absolute Gasteiger partial charge is 0.338 e. The van der Waals surface area contributed by atoms with Gasteiger partial charge in [0, 0.05) is 12.7 Å². The highest BCUT2D eigenvalue weighted by Crippen LogP contribution is 2.35. The summed E-state index contributed by atoms with van der Waals surface area (Å²) in [7, 11) is 1.80. The number of pyridine rings is 1. The molecule has 3 rings (SSSR count). The minimum atomic E-state index is -0.0226. The molecule has 0 unspecified atom stereocenters. The molecule has 1 aliphatic heterocycles. The molecule has 0 bridgehead atoms. The minimum Gasteiger partial charge on any atom is -0.338 e. The van der Waals surface area contributed by atoms with Crippen LogP contribution in [0, 0.1) is 20.8 Å². The molecule has 0 saturated heterocycles. The number of anilines is 3. The van der Waals surface area contributed by atoms with Crippen molar-refractivity contribution in [3.8, 4) is 0 Å². The van der Waals surface area contributed by atoms with Crippen molar-refractivity contribution in [3.63, 3.8) is 0 Å². The molecule has 0 saturated carbocycles. The number of hydrogen-bond acceptors (Lipinski definition) is 3. The van der Waals surface area contributed by atoms with Crippen LogP contribution in [0.5, 0.6) is 0 Å². The van der Waals surface area contributed by atoms with Crippen molar-refractivity contribution in [2.45, 2.75) is 20.8 Å². The summed E-state index contributed by atoms with van der Waals surface area (Å²) in [5, 5.41) is 3.30. The third kappa shape index (κ3) is 1.68. The van der Waals surface area contributed by atoms with Crippen LogP contribution < -0.4 is 10.2 Å². The van der Waals surface area contributed by atoms with Gasteiger partial charge in [-0.15, -0.1) is 0 Å². The first kappa shape index (κ1) is 12.7. The molecule has 0 radical (unpaired) electrons. The Bertz CT molecular complexity index is 722. The van der Waals surface area contributed by atoms with Crippen molar-refractivity contribution in [2.75, 3.05) is 17.3 Å². The Labute approximate surface area is 118 Å². The third-order valence-corrected chi connectivity index (χ3v) is 4.03. The van der Waals surface area contributed by atoms with E-state index in [0.717, 1.165) is 28.2 Å². The number of amides is 1. The highest BCUT2D eigenvalue weighted by Gasteiger charge is 2.27. The Balaban J connectivity index is 2.31. The number of hydrogen-bond donors (Lipinski definition) is 1. The number of aryl methyl sites for hydroxylation is 1. The van der Waals surface area contributed by atoms with Crippen molar-refractivity contribution in [1.82, 2.24) is 4.98 Å². The van der Waals surface area contributed by atoms with Crippen molar-refractivity contribution in [3.05, 3.63) is 46.6 Å². The normalized spacial score (nSPS) is 13.4. The average molecular weight is 267 g/mol. The highest BCUT2D eigenvalue weighted by molar-refractivity contribution is 6.13. The summed E-state index contributed by atoms with van der Waals surface area (Å²) in [6.07, 6.45) is 0. The summed E-state index contributed by atoms with van der Waals surface area (Å²) in [6.45, 7) is 5.95. The maximum absolute atomic E-state index is 12.7. The van der Waals surface area contributed by atoms with Gasteiger partial charge < -0.3 is 10.2 Å². The monoisotopic (exact) mass is 267 g/mol. The Hall–Kier alpha value is -2.36. The van der Waals surface area contributed by atoms with Crippen molar-refractivity contribution in [2.24, 2.45) is 0 Å². The first-order chi connectivity index (χ1) is 9.50. The first-order valence-corrected chi connectivity index (χ1v) is 6.62. The fourth-order valence-corrected chi connectivity index (χ4v) is 2.57. The van der Waals surface area contributed by atoms with Gasteiger partial charge in [0.2, 0.25) is 0 Å². The molecule has 1 aromatic heterocycles. The Morgan fingerprint density at radius 3 is 2.55 bits per heavy atom. The van der Waals surface area contributed by atoms with Gasteiger partial charge in [-0.1, -0.05) is 12.1 Å². The SMILES string of the molecule is Cc1nc2c(c(C)c1C)C(=O)N(C)c1ccccc1N2. The van der Waals surface area contributed by atoms with Gasteiger partial charge in [0.25, 0.3) is 5.91 Å². The van der Waals surface area contributed by atoms with Gasteiger partial charge in [0.15, 0.2) is 0 Å². The third-order valence-electron chi connectivity index (χ3n) is 4.03. The lowest BCUT2D eigenvalue weighted by molar-refractivity contribution is 0.0993. The molecule has 1 amide bonds. The molecule has 102 valence electrons. The number of nitrogens with one attached hydrogen (secondary N) is 1. The quantitative estimate of drug-likeness (QED) is 0.796. The minimum absolute atomic E-state index is 0.0226. The molecule has 0 fully saturated rings. The summed E-state index contributed by atoms with van der Waals surface area (Å²) in [6, 6.07) is 7.77. The Morgan fingerprint density at radius 1 is 1.10 bits per heavy atom. The van der Waals surface area contributed by atoms with E-state index in [1.54, 1.807) is 11.9 Å². The first-order valence-electron chi connectivity index (χ1n) is 6.62. The van der Waals surface area contributed by atoms with Crippen molar-refractivity contribution >= 4 is 23.1 Å². The van der Waals surface area contributed by atoms with E-state index in [-0.39, 0.29) is 5.91 Å². The van der Waals surface area contributed by atoms with Gasteiger partial charge in [-0.2, -0.15) is 0 Å². The van der Waals surface area contributed by atoms with E-state index in [2.05, 4.69) is 10.3 Å². The fourth-order valence-electron chi connectivity index (χ4n) is 2.57. The number of rotatable bonds is 0. The summed E-state index contributed by atoms with van der Waals surface area (Å²) in [5.74, 6) is 0.623. The second-order valence-corrected chi connectivity index (χ2v) is 5.18. The van der Waals surface area contributed by atoms with E-state index < -0.39 is 0 Å². The van der Waals surface area contributed by atoms with Crippen LogP contribution in [-0.4, -0.2) is 17.9 Å². The van der Waals surface area contributed by atoms with Crippen molar-refractivity contribution < 1.29 is 4.79 Å². The van der Waals surface area contributed by atoms with E-state index in [0.29, 0.717) is 11.4 Å². The molecule has 20 heavy (non-hydrogen) atoms. The number of aromatic nitrogens is 1. The molecule has 4 heteroatoms. The van der Waals surface area contributed by atoms with Crippen LogP contribution in [0.4, 0.5) is 17.2 Å². The maximum atomic E-state index is 12.7. The second-order valence-electron chi connectivity index (χ2n) is 5.18.